The summed E-state index contributed by atoms with van der Waals surface area (Å²) in [6, 6.07) is 13.6. The largest absolute Gasteiger partial charge is 0.505 e. The maximum Gasteiger partial charge on any atom is 0.324 e. The number of rotatable bonds is 5. The number of nitro groups is 1. The molecule has 0 spiro atoms. The molecule has 0 bridgehead atoms. The molecule has 12 nitrogen and oxygen atoms in total. The maximum absolute atomic E-state index is 11.7. The van der Waals surface area contributed by atoms with Gasteiger partial charge in [-0.2, -0.15) is 0 Å². The van der Waals surface area contributed by atoms with Gasteiger partial charge in [-0.25, -0.2) is 21.6 Å². The van der Waals surface area contributed by atoms with Crippen LogP contribution in [0.25, 0.3) is 0 Å². The Morgan fingerprint density at radius 2 is 1.34 bits per heavy atom. The fraction of sp³-hybridized carbons (Fsp3) is 0.0952. The molecule has 3 aromatic carbocycles. The SMILES string of the molecule is CS(=O)(=O)c1ccc(N(C(N)=O)c2ccc([N+](=O)[O-])cc2O)cc1.CS(=O)(=O)c1ccc(N)cc1. The lowest BCUT2D eigenvalue weighted by molar-refractivity contribution is -0.384. The number of nitrogens with two attached hydrogens (primary N) is 2. The Morgan fingerprint density at radius 3 is 1.71 bits per heavy atom. The summed E-state index contributed by atoms with van der Waals surface area (Å²) in [5.41, 5.74) is 11.0. The fourth-order valence-corrected chi connectivity index (χ4v) is 4.02. The Bertz CT molecular complexity index is 1450. The van der Waals surface area contributed by atoms with E-state index in [1.54, 1.807) is 12.1 Å². The minimum atomic E-state index is -3.41. The summed E-state index contributed by atoms with van der Waals surface area (Å²) >= 11 is 0. The molecular weight excluding hydrogens is 500 g/mol. The molecule has 0 fully saturated rings. The molecule has 14 heteroatoms. The first-order valence-corrected chi connectivity index (χ1v) is 13.3. The highest BCUT2D eigenvalue weighted by molar-refractivity contribution is 7.91. The van der Waals surface area contributed by atoms with E-state index < -0.39 is 36.4 Å². The summed E-state index contributed by atoms with van der Waals surface area (Å²) in [6.45, 7) is 0. The zero-order valence-electron chi connectivity index (χ0n) is 18.5. The number of non-ortho nitro benzene ring substituents is 1. The van der Waals surface area contributed by atoms with E-state index in [1.165, 1.54) is 48.7 Å². The van der Waals surface area contributed by atoms with Gasteiger partial charge in [0.2, 0.25) is 0 Å². The molecule has 0 radical (unpaired) electrons. The van der Waals surface area contributed by atoms with Crippen molar-refractivity contribution in [1.29, 1.82) is 0 Å². The molecule has 186 valence electrons. The number of hydrogen-bond acceptors (Lipinski definition) is 9. The maximum atomic E-state index is 11.7. The van der Waals surface area contributed by atoms with Crippen molar-refractivity contribution in [1.82, 2.24) is 0 Å². The first kappa shape index (κ1) is 27.1. The van der Waals surface area contributed by atoms with Crippen LogP contribution in [0, 0.1) is 10.1 Å². The third-order valence-corrected chi connectivity index (χ3v) is 6.72. The highest BCUT2D eigenvalue weighted by Crippen LogP contribution is 2.35. The van der Waals surface area contributed by atoms with Gasteiger partial charge in [-0.1, -0.05) is 0 Å². The number of anilines is 3. The smallest absolute Gasteiger partial charge is 0.324 e. The molecule has 0 aliphatic carbocycles. The predicted octanol–water partition coefficient (Wildman–Crippen LogP) is 2.59. The van der Waals surface area contributed by atoms with Gasteiger partial charge in [-0.15, -0.1) is 0 Å². The zero-order chi connectivity index (χ0) is 26.6. The topological polar surface area (TPSA) is 204 Å². The van der Waals surface area contributed by atoms with Crippen LogP contribution in [0.2, 0.25) is 0 Å². The Kier molecular flexibility index (Phi) is 8.04. The number of primary amides is 1. The number of urea groups is 1. The average molecular weight is 523 g/mol. The number of phenolic OH excluding ortho intramolecular Hbond substituents is 1. The molecule has 0 unspecified atom stereocenters. The van der Waals surface area contributed by atoms with Gasteiger partial charge < -0.3 is 16.6 Å². The molecule has 3 rings (SSSR count). The van der Waals surface area contributed by atoms with Crippen molar-refractivity contribution in [3.63, 3.8) is 0 Å². The summed E-state index contributed by atoms with van der Waals surface area (Å²) in [7, 11) is -6.49. The summed E-state index contributed by atoms with van der Waals surface area (Å²) in [5, 5.41) is 20.7. The van der Waals surface area contributed by atoms with Crippen LogP contribution in [-0.2, 0) is 19.7 Å². The van der Waals surface area contributed by atoms with Crippen molar-refractivity contribution in [2.45, 2.75) is 9.79 Å². The van der Waals surface area contributed by atoms with Gasteiger partial charge in [0, 0.05) is 24.3 Å². The normalized spacial score (nSPS) is 11.1. The summed E-state index contributed by atoms with van der Waals surface area (Å²) < 4.78 is 44.7. The Morgan fingerprint density at radius 1 is 0.886 bits per heavy atom. The number of aromatic hydroxyl groups is 1. The van der Waals surface area contributed by atoms with E-state index >= 15 is 0 Å². The molecular formula is C21H22N4O8S2. The van der Waals surface area contributed by atoms with Crippen LogP contribution in [0.4, 0.5) is 27.5 Å². The number of carbonyl (C=O) groups is 1. The van der Waals surface area contributed by atoms with Gasteiger partial charge in [0.05, 0.1) is 32.2 Å². The van der Waals surface area contributed by atoms with Gasteiger partial charge >= 0.3 is 6.03 Å². The van der Waals surface area contributed by atoms with Crippen LogP contribution < -0.4 is 16.4 Å². The third-order valence-electron chi connectivity index (χ3n) is 4.46. The van der Waals surface area contributed by atoms with Crippen LogP contribution in [0.1, 0.15) is 0 Å². The molecule has 0 heterocycles. The zero-order valence-corrected chi connectivity index (χ0v) is 20.2. The highest BCUT2D eigenvalue weighted by atomic mass is 32.2. The second kappa shape index (κ2) is 10.4. The lowest BCUT2D eigenvalue weighted by Gasteiger charge is -2.21. The van der Waals surface area contributed by atoms with Crippen molar-refractivity contribution in [2.75, 3.05) is 23.1 Å². The molecule has 0 aliphatic rings. The van der Waals surface area contributed by atoms with Gasteiger partial charge in [0.1, 0.15) is 5.75 Å². The lowest BCUT2D eigenvalue weighted by Crippen LogP contribution is -2.31. The van der Waals surface area contributed by atoms with Crippen LogP contribution in [0.15, 0.2) is 76.5 Å². The van der Waals surface area contributed by atoms with E-state index in [0.29, 0.717) is 10.6 Å². The van der Waals surface area contributed by atoms with Gasteiger partial charge in [0.25, 0.3) is 5.69 Å². The number of hydrogen-bond donors (Lipinski definition) is 3. The monoisotopic (exact) mass is 522 g/mol. The van der Waals surface area contributed by atoms with Crippen molar-refractivity contribution in [2.24, 2.45) is 5.73 Å². The van der Waals surface area contributed by atoms with Crippen LogP contribution in [-0.4, -0.2) is 45.4 Å². The number of nitrogens with zero attached hydrogens (tertiary/aromatic N) is 2. The first-order chi connectivity index (χ1) is 16.1. The number of nitro benzene ring substituents is 1. The standard InChI is InChI=1S/C14H13N3O6S.C7H9NO2S/c1-24(22,23)11-5-2-9(3-6-11)16(14(15)19)12-7-4-10(17(20)21)8-13(12)18;1-11(9,10)7-4-2-6(8)3-5-7/h2-8,18H,1H3,(H2,15,19);2-5H,8H2,1H3. The lowest BCUT2D eigenvalue weighted by atomic mass is 10.2. The van der Waals surface area contributed by atoms with Crippen molar-refractivity contribution in [3.05, 3.63) is 76.8 Å². The second-order valence-corrected chi connectivity index (χ2v) is 11.2. The Hall–Kier alpha value is -4.17. The first-order valence-electron chi connectivity index (χ1n) is 9.54. The number of carbonyl (C=O) groups excluding carboxylic acids is 1. The number of nitrogen functional groups attached to an aromatic ring is 1. The van der Waals surface area contributed by atoms with E-state index in [1.807, 2.05) is 0 Å². The van der Waals surface area contributed by atoms with E-state index in [-0.39, 0.29) is 22.0 Å². The molecule has 35 heavy (non-hydrogen) atoms. The number of amides is 2. The Labute approximate surface area is 201 Å². The van der Waals surface area contributed by atoms with Crippen LogP contribution in [0.5, 0.6) is 5.75 Å². The molecule has 0 saturated heterocycles. The highest BCUT2D eigenvalue weighted by Gasteiger charge is 2.21. The minimum Gasteiger partial charge on any atom is -0.505 e. The molecule has 0 saturated carbocycles. The van der Waals surface area contributed by atoms with Gasteiger partial charge in [-0.3, -0.25) is 15.0 Å². The number of benzene rings is 3. The van der Waals surface area contributed by atoms with E-state index in [9.17, 15) is 36.9 Å². The second-order valence-electron chi connectivity index (χ2n) is 7.21. The summed E-state index contributed by atoms with van der Waals surface area (Å²) in [6.07, 6.45) is 2.20. The van der Waals surface area contributed by atoms with Crippen LogP contribution in [0.3, 0.4) is 0 Å². The quantitative estimate of drug-likeness (QED) is 0.255. The summed E-state index contributed by atoms with van der Waals surface area (Å²) in [4.78, 5) is 23.0. The van der Waals surface area contributed by atoms with E-state index in [0.717, 1.165) is 23.3 Å². The third kappa shape index (κ3) is 7.15. The number of phenols is 1. The minimum absolute atomic E-state index is 0.0450. The molecule has 0 atom stereocenters. The fourth-order valence-electron chi connectivity index (χ4n) is 2.76. The van der Waals surface area contributed by atoms with E-state index in [4.69, 9.17) is 11.5 Å². The van der Waals surface area contributed by atoms with Crippen LogP contribution >= 0.6 is 0 Å². The summed E-state index contributed by atoms with van der Waals surface area (Å²) in [5.74, 6) is -0.518. The molecule has 0 aliphatic heterocycles. The van der Waals surface area contributed by atoms with Gasteiger partial charge in [0.15, 0.2) is 19.7 Å². The van der Waals surface area contributed by atoms with Crippen molar-refractivity contribution >= 4 is 48.5 Å². The Balaban J connectivity index is 0.000000328. The van der Waals surface area contributed by atoms with Gasteiger partial charge in [-0.05, 0) is 54.6 Å². The molecule has 2 amide bonds. The predicted molar refractivity (Wildman–Crippen MR) is 130 cm³/mol. The molecule has 0 aromatic heterocycles. The molecule has 3 aromatic rings. The van der Waals surface area contributed by atoms with Crippen molar-refractivity contribution in [3.8, 4) is 5.75 Å². The average Bonchev–Trinajstić information content (AvgIpc) is 2.74. The van der Waals surface area contributed by atoms with E-state index in [2.05, 4.69) is 0 Å². The van der Waals surface area contributed by atoms with Crippen molar-refractivity contribution < 1.29 is 31.7 Å². The number of sulfone groups is 2. The molecule has 5 N–H and O–H groups in total.